The number of hydrogen-bond donors (Lipinski definition) is 3. The number of benzene rings is 2. The fourth-order valence-electron chi connectivity index (χ4n) is 10.9. The number of nitrogens with zero attached hydrogens (tertiary/aromatic N) is 8. The van der Waals surface area contributed by atoms with E-state index in [4.69, 9.17) is 15.5 Å². The van der Waals surface area contributed by atoms with Crippen molar-refractivity contribution in [2.45, 2.75) is 76.6 Å². The molecule has 0 spiro atoms. The number of carbonyl (C=O) groups excluding carboxylic acids is 3. The predicted molar refractivity (Wildman–Crippen MR) is 246 cm³/mol. The SMILES string of the molecule is Cc1cc(C(=O)N2CCC(F)(CN3C[C@@H](C)C(n4cc(C5CC5)c5cc(N6CCC(=O)NC6=O)cnc54)[C@@H](C)C3)CC2)ccc1[C@@H]1CN(c2cc(-c3ccccc3O)nnc2N)CCO1. The molecule has 4 amide bonds. The summed E-state index contributed by atoms with van der Waals surface area (Å²) in [7, 11) is 0. The third kappa shape index (κ3) is 8.37. The number of alkyl halides is 1. The van der Waals surface area contributed by atoms with E-state index >= 15 is 4.39 Å². The molecule has 7 heterocycles. The van der Waals surface area contributed by atoms with Gasteiger partial charge in [-0.2, -0.15) is 0 Å². The van der Waals surface area contributed by atoms with Crippen molar-refractivity contribution in [1.82, 2.24) is 34.9 Å². The smallest absolute Gasteiger partial charge is 0.328 e. The Morgan fingerprint density at radius 1 is 0.969 bits per heavy atom. The van der Waals surface area contributed by atoms with E-state index < -0.39 is 11.7 Å². The van der Waals surface area contributed by atoms with Gasteiger partial charge >= 0.3 is 6.03 Å². The van der Waals surface area contributed by atoms with Crippen LogP contribution in [0.5, 0.6) is 5.75 Å². The number of aryl methyl sites for hydroxylation is 1. The number of imide groups is 1. The zero-order valence-electron chi connectivity index (χ0n) is 37.3. The predicted octanol–water partition coefficient (Wildman–Crippen LogP) is 6.76. The van der Waals surface area contributed by atoms with E-state index in [1.807, 2.05) is 37.3 Å². The van der Waals surface area contributed by atoms with Gasteiger partial charge < -0.3 is 29.9 Å². The van der Waals surface area contributed by atoms with Gasteiger partial charge in [-0.25, -0.2) is 14.2 Å². The fraction of sp³-hybridized carbons (Fsp3) is 0.469. The Labute approximate surface area is 377 Å². The number of anilines is 3. The molecule has 4 N–H and O–H groups in total. The molecule has 4 aliphatic heterocycles. The van der Waals surface area contributed by atoms with Crippen LogP contribution < -0.4 is 20.9 Å². The maximum atomic E-state index is 16.8. The molecule has 0 radical (unpaired) electrons. The van der Waals surface area contributed by atoms with Gasteiger partial charge in [0.2, 0.25) is 5.91 Å². The molecule has 15 nitrogen and oxygen atoms in total. The van der Waals surface area contributed by atoms with Crippen LogP contribution in [0.3, 0.4) is 0 Å². The van der Waals surface area contributed by atoms with Crippen molar-refractivity contribution in [2.75, 3.05) is 74.5 Å². The number of piperidine rings is 2. The minimum absolute atomic E-state index is 0.0946. The van der Waals surface area contributed by atoms with Crippen molar-refractivity contribution in [3.63, 3.8) is 0 Å². The number of fused-ring (bicyclic) bond motifs is 1. The van der Waals surface area contributed by atoms with Crippen molar-refractivity contribution in [3.8, 4) is 17.0 Å². The number of likely N-dealkylation sites (tertiary alicyclic amines) is 2. The molecule has 340 valence electrons. The summed E-state index contributed by atoms with van der Waals surface area (Å²) in [4.78, 5) is 51.1. The van der Waals surface area contributed by atoms with Gasteiger partial charge in [-0.3, -0.25) is 24.7 Å². The van der Waals surface area contributed by atoms with Crippen molar-refractivity contribution in [3.05, 3.63) is 89.2 Å². The molecule has 3 aromatic heterocycles. The summed E-state index contributed by atoms with van der Waals surface area (Å²) in [6.07, 6.45) is 6.82. The molecular formula is C49H57FN10O5. The summed E-state index contributed by atoms with van der Waals surface area (Å²) >= 11 is 0. The quantitative estimate of drug-likeness (QED) is 0.143. The number of carbonyl (C=O) groups is 3. The van der Waals surface area contributed by atoms with Crippen LogP contribution in [-0.2, 0) is 9.53 Å². The molecule has 1 unspecified atom stereocenters. The number of aromatic hydroxyl groups is 1. The molecule has 1 saturated carbocycles. The molecule has 5 aromatic rings. The third-order valence-corrected chi connectivity index (χ3v) is 14.4. The molecule has 4 saturated heterocycles. The normalized spacial score (nSPS) is 24.1. The van der Waals surface area contributed by atoms with Gasteiger partial charge in [-0.1, -0.05) is 32.0 Å². The van der Waals surface area contributed by atoms with Gasteiger partial charge in [0, 0.05) is 100 Å². The van der Waals surface area contributed by atoms with Gasteiger partial charge in [0.25, 0.3) is 5.91 Å². The monoisotopic (exact) mass is 884 g/mol. The number of hydrogen-bond acceptors (Lipinski definition) is 11. The third-order valence-electron chi connectivity index (χ3n) is 14.4. The van der Waals surface area contributed by atoms with Crippen LogP contribution in [-0.4, -0.2) is 117 Å². The van der Waals surface area contributed by atoms with E-state index in [0.717, 1.165) is 48.1 Å². The van der Waals surface area contributed by atoms with E-state index in [-0.39, 0.29) is 60.8 Å². The number of amides is 4. The number of phenolic OH excluding ortho intramolecular Hbond substituents is 1. The number of halogens is 1. The van der Waals surface area contributed by atoms with Crippen LogP contribution in [0.1, 0.15) is 91.1 Å². The van der Waals surface area contributed by atoms with Crippen molar-refractivity contribution >= 4 is 46.1 Å². The Hall–Kier alpha value is -6.13. The summed E-state index contributed by atoms with van der Waals surface area (Å²) in [6, 6.07) is 16.4. The number of nitrogens with one attached hydrogen (secondary N) is 1. The standard InChI is InChI=1S/C49H57FN10O5/c1-29-20-33(10-11-35(29)42-27-58(18-19-65-42)40-22-39(54-55-45(40)51)36-6-4-5-7-41(36)61)47(63)57-16-13-49(50,14-17-57)28-56-24-30(2)44(31(3)25-56)60-26-38(32-8-9-32)37-21-34(23-52-46(37)60)59-15-12-43(62)53-48(59)64/h4-7,10-11,20-23,26,30-32,42,44,61H,8-9,12-19,24-25,27-28H2,1-3H3,(H2,51,55)(H,53,62,64)/t30-,31+,42-,44?/m0/s1. The molecular weight excluding hydrogens is 828 g/mol. The Bertz CT molecular complexity index is 2650. The molecule has 0 bridgehead atoms. The number of pyridine rings is 1. The van der Waals surface area contributed by atoms with Crippen LogP contribution in [0.15, 0.2) is 67.0 Å². The molecule has 5 aliphatic rings. The summed E-state index contributed by atoms with van der Waals surface area (Å²) in [5.41, 5.74) is 12.1. The Kier molecular flexibility index (Phi) is 11.2. The average Bonchev–Trinajstić information content (AvgIpc) is 4.07. The van der Waals surface area contributed by atoms with Gasteiger partial charge in [0.05, 0.1) is 29.9 Å². The lowest BCUT2D eigenvalue weighted by Crippen LogP contribution is -2.53. The number of morpholine rings is 1. The number of para-hydroxylation sites is 1. The lowest BCUT2D eigenvalue weighted by Gasteiger charge is -2.45. The van der Waals surface area contributed by atoms with Crippen LogP contribution in [0.4, 0.5) is 26.4 Å². The Morgan fingerprint density at radius 3 is 2.46 bits per heavy atom. The van der Waals surface area contributed by atoms with E-state index in [1.165, 1.54) is 5.56 Å². The maximum Gasteiger partial charge on any atom is 0.328 e. The number of ether oxygens (including phenoxy) is 1. The lowest BCUT2D eigenvalue weighted by molar-refractivity contribution is -0.120. The highest BCUT2D eigenvalue weighted by atomic mass is 19.1. The van der Waals surface area contributed by atoms with Crippen LogP contribution in [0, 0.1) is 18.8 Å². The second kappa shape index (κ2) is 17.0. The number of urea groups is 1. The molecule has 65 heavy (non-hydrogen) atoms. The van der Waals surface area contributed by atoms with Crippen molar-refractivity contribution in [2.24, 2.45) is 11.8 Å². The average molecular weight is 885 g/mol. The maximum absolute atomic E-state index is 16.8. The van der Waals surface area contributed by atoms with E-state index in [1.54, 1.807) is 34.2 Å². The summed E-state index contributed by atoms with van der Waals surface area (Å²) in [5, 5.41) is 22.3. The van der Waals surface area contributed by atoms with Crippen LogP contribution in [0.2, 0.25) is 0 Å². The van der Waals surface area contributed by atoms with Gasteiger partial charge in [-0.15, -0.1) is 10.2 Å². The van der Waals surface area contributed by atoms with Gasteiger partial charge in [0.15, 0.2) is 5.82 Å². The Balaban J connectivity index is 0.760. The van der Waals surface area contributed by atoms with Crippen LogP contribution in [0.25, 0.3) is 22.3 Å². The number of phenols is 1. The first kappa shape index (κ1) is 42.8. The number of nitrogens with two attached hydrogens (primary N) is 1. The van der Waals surface area contributed by atoms with Crippen LogP contribution >= 0.6 is 0 Å². The highest BCUT2D eigenvalue weighted by molar-refractivity contribution is 6.06. The first-order valence-electron chi connectivity index (χ1n) is 23.0. The highest BCUT2D eigenvalue weighted by Gasteiger charge is 2.42. The summed E-state index contributed by atoms with van der Waals surface area (Å²) in [5.74, 6) is 0.982. The summed E-state index contributed by atoms with van der Waals surface area (Å²) < 4.78 is 25.3. The molecule has 4 atom stereocenters. The van der Waals surface area contributed by atoms with E-state index in [2.05, 4.69) is 56.0 Å². The second-order valence-electron chi connectivity index (χ2n) is 19.1. The molecule has 1 aliphatic carbocycles. The Morgan fingerprint density at radius 2 is 1.74 bits per heavy atom. The fourth-order valence-corrected chi connectivity index (χ4v) is 10.9. The van der Waals surface area contributed by atoms with Gasteiger partial charge in [-0.05, 0) is 90.6 Å². The zero-order chi connectivity index (χ0) is 45.1. The summed E-state index contributed by atoms with van der Waals surface area (Å²) in [6.45, 7) is 10.9. The minimum atomic E-state index is -1.40. The molecule has 2 aromatic carbocycles. The second-order valence-corrected chi connectivity index (χ2v) is 19.1. The van der Waals surface area contributed by atoms with Crippen molar-refractivity contribution < 1.29 is 28.6 Å². The molecule has 5 fully saturated rings. The van der Waals surface area contributed by atoms with Gasteiger partial charge in [0.1, 0.15) is 23.2 Å². The number of aromatic nitrogens is 4. The first-order valence-corrected chi connectivity index (χ1v) is 23.0. The van der Waals surface area contributed by atoms with Crippen molar-refractivity contribution in [1.29, 1.82) is 0 Å². The van der Waals surface area contributed by atoms with E-state index in [9.17, 15) is 19.5 Å². The zero-order valence-corrected chi connectivity index (χ0v) is 37.3. The molecule has 16 heteroatoms. The number of rotatable bonds is 9. The topological polar surface area (TPSA) is 175 Å². The number of nitrogen functional groups attached to an aromatic ring is 1. The first-order chi connectivity index (χ1) is 31.3. The highest BCUT2D eigenvalue weighted by Crippen LogP contribution is 2.47. The minimum Gasteiger partial charge on any atom is -0.507 e. The molecule has 10 rings (SSSR count). The largest absolute Gasteiger partial charge is 0.507 e. The van der Waals surface area contributed by atoms with E-state index in [0.29, 0.717) is 85.8 Å². The lowest BCUT2D eigenvalue weighted by atomic mass is 9.84.